The Bertz CT molecular complexity index is 452. The third-order valence-corrected chi connectivity index (χ3v) is 2.26. The maximum Gasteiger partial charge on any atom is 0.202 e. The molecule has 2 aromatic heterocycles. The first-order valence-electron chi connectivity index (χ1n) is 4.88. The monoisotopic (exact) mass is 206 g/mol. The number of anilines is 1. The smallest absolute Gasteiger partial charge is 0.202 e. The van der Waals surface area contributed by atoms with Gasteiger partial charge in [-0.2, -0.15) is 0 Å². The van der Waals surface area contributed by atoms with E-state index in [-0.39, 0.29) is 0 Å². The second-order valence-electron chi connectivity index (χ2n) is 3.31. The third kappa shape index (κ3) is 1.92. The molecule has 2 rings (SSSR count). The van der Waals surface area contributed by atoms with E-state index in [0.29, 0.717) is 12.6 Å². The zero-order valence-electron chi connectivity index (χ0n) is 8.68. The summed E-state index contributed by atoms with van der Waals surface area (Å²) in [5, 5.41) is 0. The van der Waals surface area contributed by atoms with Crippen LogP contribution in [0.1, 0.15) is 6.42 Å². The molecule has 0 aliphatic rings. The Labute approximate surface area is 87.9 Å². The maximum atomic E-state index is 5.81. The van der Waals surface area contributed by atoms with Crippen molar-refractivity contribution in [2.45, 2.75) is 13.0 Å². The van der Waals surface area contributed by atoms with Gasteiger partial charge in [0.15, 0.2) is 5.65 Å². The highest BCUT2D eigenvalue weighted by Gasteiger charge is 2.07. The molecule has 2 N–H and O–H groups in total. The summed E-state index contributed by atoms with van der Waals surface area (Å²) in [5.74, 6) is 0.514. The van der Waals surface area contributed by atoms with Crippen molar-refractivity contribution in [1.29, 1.82) is 0 Å². The number of rotatable bonds is 4. The van der Waals surface area contributed by atoms with Crippen LogP contribution in [0.2, 0.25) is 0 Å². The lowest BCUT2D eigenvalue weighted by Gasteiger charge is -2.04. The molecule has 0 spiro atoms. The SMILES string of the molecule is COCCCn1c(N)nc2cccnc21. The van der Waals surface area contributed by atoms with Crippen LogP contribution in [0.4, 0.5) is 5.95 Å². The van der Waals surface area contributed by atoms with E-state index in [4.69, 9.17) is 10.5 Å². The summed E-state index contributed by atoms with van der Waals surface area (Å²) in [6.07, 6.45) is 2.65. The Morgan fingerprint density at radius 1 is 1.53 bits per heavy atom. The molecule has 80 valence electrons. The van der Waals surface area contributed by atoms with E-state index >= 15 is 0 Å². The second-order valence-corrected chi connectivity index (χ2v) is 3.31. The number of fused-ring (bicyclic) bond motifs is 1. The molecule has 0 radical (unpaired) electrons. The minimum absolute atomic E-state index is 0.514. The number of hydrogen-bond acceptors (Lipinski definition) is 4. The van der Waals surface area contributed by atoms with Crippen molar-refractivity contribution < 1.29 is 4.74 Å². The molecular formula is C10H14N4O. The van der Waals surface area contributed by atoms with Gasteiger partial charge in [0.25, 0.3) is 0 Å². The van der Waals surface area contributed by atoms with Crippen LogP contribution in [0.3, 0.4) is 0 Å². The van der Waals surface area contributed by atoms with Crippen molar-refractivity contribution in [1.82, 2.24) is 14.5 Å². The number of methoxy groups -OCH3 is 1. The molecule has 0 saturated carbocycles. The molecule has 15 heavy (non-hydrogen) atoms. The summed E-state index contributed by atoms with van der Waals surface area (Å²) < 4.78 is 6.91. The topological polar surface area (TPSA) is 66.0 Å². The van der Waals surface area contributed by atoms with Crippen molar-refractivity contribution in [3.8, 4) is 0 Å². The van der Waals surface area contributed by atoms with Crippen LogP contribution in [0.5, 0.6) is 0 Å². The molecule has 0 bridgehead atoms. The molecular weight excluding hydrogens is 192 g/mol. The number of aromatic nitrogens is 3. The highest BCUT2D eigenvalue weighted by molar-refractivity contribution is 5.73. The second kappa shape index (κ2) is 4.27. The lowest BCUT2D eigenvalue weighted by Crippen LogP contribution is -2.06. The lowest BCUT2D eigenvalue weighted by molar-refractivity contribution is 0.191. The van der Waals surface area contributed by atoms with Gasteiger partial charge in [0.05, 0.1) is 0 Å². The molecule has 0 aromatic carbocycles. The molecule has 0 aliphatic heterocycles. The Hall–Kier alpha value is -1.62. The number of nitrogens with zero attached hydrogens (tertiary/aromatic N) is 3. The highest BCUT2D eigenvalue weighted by Crippen LogP contribution is 2.14. The van der Waals surface area contributed by atoms with Crippen LogP contribution < -0.4 is 5.73 Å². The third-order valence-electron chi connectivity index (χ3n) is 2.26. The summed E-state index contributed by atoms with van der Waals surface area (Å²) >= 11 is 0. The van der Waals surface area contributed by atoms with E-state index in [9.17, 15) is 0 Å². The summed E-state index contributed by atoms with van der Waals surface area (Å²) in [5.41, 5.74) is 7.49. The molecule has 0 amide bonds. The fourth-order valence-electron chi connectivity index (χ4n) is 1.56. The molecule has 5 heteroatoms. The average molecular weight is 206 g/mol. The first-order chi connectivity index (χ1) is 7.33. The Morgan fingerprint density at radius 2 is 2.40 bits per heavy atom. The average Bonchev–Trinajstić information content (AvgIpc) is 2.56. The van der Waals surface area contributed by atoms with E-state index in [0.717, 1.165) is 24.1 Å². The minimum atomic E-state index is 0.514. The minimum Gasteiger partial charge on any atom is -0.385 e. The molecule has 0 saturated heterocycles. The van der Waals surface area contributed by atoms with E-state index in [1.165, 1.54) is 0 Å². The van der Waals surface area contributed by atoms with Gasteiger partial charge in [-0.25, -0.2) is 9.97 Å². The predicted molar refractivity (Wildman–Crippen MR) is 58.4 cm³/mol. The first kappa shape index (κ1) is 9.92. The lowest BCUT2D eigenvalue weighted by atomic mass is 10.4. The van der Waals surface area contributed by atoms with Crippen LogP contribution in [0.15, 0.2) is 18.3 Å². The van der Waals surface area contributed by atoms with Gasteiger partial charge < -0.3 is 10.5 Å². The molecule has 0 unspecified atom stereocenters. The summed E-state index contributed by atoms with van der Waals surface area (Å²) in [4.78, 5) is 8.49. The standard InChI is InChI=1S/C10H14N4O/c1-15-7-3-6-14-9-8(13-10(14)11)4-2-5-12-9/h2,4-5H,3,6-7H2,1H3,(H2,11,13). The normalized spacial score (nSPS) is 11.0. The van der Waals surface area contributed by atoms with Gasteiger partial charge in [-0.1, -0.05) is 0 Å². The molecule has 2 heterocycles. The quantitative estimate of drug-likeness (QED) is 0.759. The maximum absolute atomic E-state index is 5.81. The van der Waals surface area contributed by atoms with Crippen LogP contribution in [0, 0.1) is 0 Å². The van der Waals surface area contributed by atoms with Gasteiger partial charge in [0, 0.05) is 26.5 Å². The van der Waals surface area contributed by atoms with Crippen LogP contribution >= 0.6 is 0 Å². The van der Waals surface area contributed by atoms with Gasteiger partial charge >= 0.3 is 0 Å². The Morgan fingerprint density at radius 3 is 3.20 bits per heavy atom. The largest absolute Gasteiger partial charge is 0.385 e. The van der Waals surface area contributed by atoms with Crippen molar-refractivity contribution in [3.05, 3.63) is 18.3 Å². The zero-order chi connectivity index (χ0) is 10.7. The van der Waals surface area contributed by atoms with Gasteiger partial charge in [-0.15, -0.1) is 0 Å². The van der Waals surface area contributed by atoms with E-state index in [1.54, 1.807) is 13.3 Å². The van der Waals surface area contributed by atoms with Gasteiger partial charge in [0.1, 0.15) is 5.52 Å². The van der Waals surface area contributed by atoms with E-state index in [1.807, 2.05) is 16.7 Å². The van der Waals surface area contributed by atoms with Crippen LogP contribution in [-0.2, 0) is 11.3 Å². The van der Waals surface area contributed by atoms with Crippen LogP contribution in [-0.4, -0.2) is 28.3 Å². The first-order valence-corrected chi connectivity index (χ1v) is 4.88. The molecule has 5 nitrogen and oxygen atoms in total. The van der Waals surface area contributed by atoms with Crippen molar-refractivity contribution >= 4 is 17.1 Å². The van der Waals surface area contributed by atoms with Crippen LogP contribution in [0.25, 0.3) is 11.2 Å². The highest BCUT2D eigenvalue weighted by atomic mass is 16.5. The Kier molecular flexibility index (Phi) is 2.82. The molecule has 0 atom stereocenters. The number of imidazole rings is 1. The fourth-order valence-corrected chi connectivity index (χ4v) is 1.56. The summed E-state index contributed by atoms with van der Waals surface area (Å²) in [7, 11) is 1.69. The number of nitrogens with two attached hydrogens (primary N) is 1. The van der Waals surface area contributed by atoms with Gasteiger partial charge in [0.2, 0.25) is 5.95 Å². The number of aryl methyl sites for hydroxylation is 1. The fraction of sp³-hybridized carbons (Fsp3) is 0.400. The summed E-state index contributed by atoms with van der Waals surface area (Å²) in [6, 6.07) is 3.76. The van der Waals surface area contributed by atoms with Gasteiger partial charge in [-0.3, -0.25) is 4.57 Å². The number of pyridine rings is 1. The summed E-state index contributed by atoms with van der Waals surface area (Å²) in [6.45, 7) is 1.50. The van der Waals surface area contributed by atoms with Crippen molar-refractivity contribution in [2.24, 2.45) is 0 Å². The van der Waals surface area contributed by atoms with Crippen molar-refractivity contribution in [3.63, 3.8) is 0 Å². The molecule has 0 fully saturated rings. The predicted octanol–water partition coefficient (Wildman–Crippen LogP) is 1.05. The Balaban J connectivity index is 2.28. The molecule has 0 aliphatic carbocycles. The molecule has 2 aromatic rings. The van der Waals surface area contributed by atoms with Crippen molar-refractivity contribution in [2.75, 3.05) is 19.5 Å². The van der Waals surface area contributed by atoms with E-state index in [2.05, 4.69) is 9.97 Å². The van der Waals surface area contributed by atoms with E-state index < -0.39 is 0 Å². The number of hydrogen-bond donors (Lipinski definition) is 1. The zero-order valence-corrected chi connectivity index (χ0v) is 8.68. The number of ether oxygens (including phenoxy) is 1. The number of nitrogen functional groups attached to an aromatic ring is 1. The van der Waals surface area contributed by atoms with Gasteiger partial charge in [-0.05, 0) is 18.6 Å².